The molecule has 0 heterocycles. The van der Waals surface area contributed by atoms with E-state index >= 15 is 0 Å². The standard InChI is InChI=1S/C21H23FN2O2/c22-19-9-11-20(12-10-19)24-21(25)13-15-1-5-17(6-2-15)18-7-3-16(4-8-18)14-23-26/h3-4,7-12,15,17H,1-2,5-6,13-14H2,(H,24,25)/t15-,17+. The lowest BCUT2D eigenvalue weighted by Gasteiger charge is -2.28. The van der Waals surface area contributed by atoms with Gasteiger partial charge in [-0.05, 0) is 72.9 Å². The van der Waals surface area contributed by atoms with Crippen LogP contribution in [0.15, 0.2) is 53.7 Å². The van der Waals surface area contributed by atoms with Gasteiger partial charge in [0.05, 0.1) is 0 Å². The molecule has 1 amide bonds. The van der Waals surface area contributed by atoms with Crippen LogP contribution in [0, 0.1) is 16.6 Å². The topological polar surface area (TPSA) is 58.5 Å². The Morgan fingerprint density at radius 3 is 2.27 bits per heavy atom. The fourth-order valence-corrected chi connectivity index (χ4v) is 3.68. The van der Waals surface area contributed by atoms with Crippen LogP contribution in [0.5, 0.6) is 0 Å². The summed E-state index contributed by atoms with van der Waals surface area (Å²) in [5, 5.41) is 5.75. The van der Waals surface area contributed by atoms with Gasteiger partial charge in [0.15, 0.2) is 0 Å². The number of carbonyl (C=O) groups is 1. The van der Waals surface area contributed by atoms with Crippen molar-refractivity contribution in [3.05, 3.63) is 70.4 Å². The first-order valence-electron chi connectivity index (χ1n) is 9.07. The predicted octanol–water partition coefficient (Wildman–Crippen LogP) is 5.39. The van der Waals surface area contributed by atoms with Crippen LogP contribution < -0.4 is 5.32 Å². The van der Waals surface area contributed by atoms with Crippen molar-refractivity contribution in [1.82, 2.24) is 0 Å². The zero-order valence-corrected chi connectivity index (χ0v) is 14.7. The number of nitrogens with one attached hydrogen (secondary N) is 1. The summed E-state index contributed by atoms with van der Waals surface area (Å²) in [7, 11) is 0. The first kappa shape index (κ1) is 18.2. The summed E-state index contributed by atoms with van der Waals surface area (Å²) < 4.78 is 12.9. The molecule has 2 aromatic rings. The van der Waals surface area contributed by atoms with Crippen LogP contribution in [-0.4, -0.2) is 5.91 Å². The maximum absolute atomic E-state index is 12.9. The highest BCUT2D eigenvalue weighted by atomic mass is 19.1. The van der Waals surface area contributed by atoms with Crippen molar-refractivity contribution in [2.75, 3.05) is 5.32 Å². The summed E-state index contributed by atoms with van der Waals surface area (Å²) in [5.41, 5.74) is 2.87. The molecule has 0 saturated heterocycles. The van der Waals surface area contributed by atoms with E-state index < -0.39 is 0 Å². The number of rotatable bonds is 6. The number of amides is 1. The summed E-state index contributed by atoms with van der Waals surface area (Å²) in [6.45, 7) is 0.218. The van der Waals surface area contributed by atoms with E-state index in [1.54, 1.807) is 12.1 Å². The molecule has 0 unspecified atom stereocenters. The fraction of sp³-hybridized carbons (Fsp3) is 0.381. The Balaban J connectivity index is 1.46. The van der Waals surface area contributed by atoms with Crippen LogP contribution in [0.1, 0.15) is 49.1 Å². The summed E-state index contributed by atoms with van der Waals surface area (Å²) >= 11 is 0. The first-order valence-corrected chi connectivity index (χ1v) is 9.07. The third kappa shape index (κ3) is 4.97. The van der Waals surface area contributed by atoms with Gasteiger partial charge in [-0.1, -0.05) is 29.4 Å². The van der Waals surface area contributed by atoms with E-state index in [1.807, 2.05) is 12.1 Å². The van der Waals surface area contributed by atoms with Gasteiger partial charge >= 0.3 is 0 Å². The van der Waals surface area contributed by atoms with Crippen LogP contribution in [0.4, 0.5) is 10.1 Å². The zero-order chi connectivity index (χ0) is 18.4. The van der Waals surface area contributed by atoms with Gasteiger partial charge in [0.2, 0.25) is 5.91 Å². The minimum absolute atomic E-state index is 0.00854. The molecule has 1 saturated carbocycles. The van der Waals surface area contributed by atoms with Gasteiger partial charge in [-0.2, -0.15) is 4.91 Å². The number of nitrogens with zero attached hydrogens (tertiary/aromatic N) is 1. The van der Waals surface area contributed by atoms with Gasteiger partial charge in [-0.25, -0.2) is 4.39 Å². The van der Waals surface area contributed by atoms with Crippen molar-refractivity contribution >= 4 is 11.6 Å². The summed E-state index contributed by atoms with van der Waals surface area (Å²) in [6, 6.07) is 14.0. The summed E-state index contributed by atoms with van der Waals surface area (Å²) in [4.78, 5) is 22.5. The number of halogens is 1. The summed E-state index contributed by atoms with van der Waals surface area (Å²) in [5.74, 6) is 0.595. The van der Waals surface area contributed by atoms with Crippen LogP contribution >= 0.6 is 0 Å². The van der Waals surface area contributed by atoms with Crippen molar-refractivity contribution in [2.45, 2.75) is 44.6 Å². The number of anilines is 1. The molecule has 0 bridgehead atoms. The van der Waals surface area contributed by atoms with Gasteiger partial charge in [-0.3, -0.25) is 4.79 Å². The third-order valence-electron chi connectivity index (χ3n) is 5.15. The number of hydrogen-bond acceptors (Lipinski definition) is 3. The normalized spacial score (nSPS) is 19.7. The lowest BCUT2D eigenvalue weighted by molar-refractivity contribution is -0.117. The minimum Gasteiger partial charge on any atom is -0.326 e. The Morgan fingerprint density at radius 1 is 1.00 bits per heavy atom. The molecule has 1 fully saturated rings. The average Bonchev–Trinajstić information content (AvgIpc) is 2.65. The van der Waals surface area contributed by atoms with Crippen molar-refractivity contribution in [3.63, 3.8) is 0 Å². The lowest BCUT2D eigenvalue weighted by atomic mass is 9.77. The molecule has 0 radical (unpaired) electrons. The Labute approximate surface area is 152 Å². The van der Waals surface area contributed by atoms with Gasteiger partial charge in [-0.15, -0.1) is 0 Å². The van der Waals surface area contributed by atoms with Crippen LogP contribution in [0.3, 0.4) is 0 Å². The predicted molar refractivity (Wildman–Crippen MR) is 100 cm³/mol. The number of benzene rings is 2. The molecule has 26 heavy (non-hydrogen) atoms. The third-order valence-corrected chi connectivity index (χ3v) is 5.15. The second-order valence-electron chi connectivity index (χ2n) is 7.01. The Bertz CT molecular complexity index is 736. The van der Waals surface area contributed by atoms with E-state index in [9.17, 15) is 14.1 Å². The second kappa shape index (κ2) is 8.70. The SMILES string of the molecule is O=NCc1ccc([C@H]2CC[C@@H](CC(=O)Nc3ccc(F)cc3)CC2)cc1. The first-order chi connectivity index (χ1) is 12.6. The molecule has 0 atom stereocenters. The van der Waals surface area contributed by atoms with Gasteiger partial charge < -0.3 is 5.32 Å². The quantitative estimate of drug-likeness (QED) is 0.707. The van der Waals surface area contributed by atoms with E-state index in [1.165, 1.54) is 17.7 Å². The van der Waals surface area contributed by atoms with Crippen molar-refractivity contribution in [2.24, 2.45) is 11.1 Å². The van der Waals surface area contributed by atoms with Crippen molar-refractivity contribution in [1.29, 1.82) is 0 Å². The van der Waals surface area contributed by atoms with E-state index in [0.29, 0.717) is 23.9 Å². The van der Waals surface area contributed by atoms with Crippen molar-refractivity contribution < 1.29 is 9.18 Å². The molecule has 3 rings (SSSR count). The Hall–Kier alpha value is -2.56. The van der Waals surface area contributed by atoms with Crippen molar-refractivity contribution in [3.8, 4) is 0 Å². The number of nitroso groups, excluding NO2 is 1. The van der Waals surface area contributed by atoms with Gasteiger partial charge in [0.25, 0.3) is 0 Å². The number of hydrogen-bond donors (Lipinski definition) is 1. The molecule has 5 heteroatoms. The molecule has 0 aromatic heterocycles. The highest BCUT2D eigenvalue weighted by Gasteiger charge is 2.24. The van der Waals surface area contributed by atoms with E-state index in [4.69, 9.17) is 0 Å². The lowest BCUT2D eigenvalue weighted by Crippen LogP contribution is -2.20. The molecule has 0 aliphatic heterocycles. The Morgan fingerprint density at radius 2 is 1.65 bits per heavy atom. The largest absolute Gasteiger partial charge is 0.326 e. The molecule has 4 nitrogen and oxygen atoms in total. The van der Waals surface area contributed by atoms with E-state index in [2.05, 4.69) is 22.6 Å². The maximum Gasteiger partial charge on any atom is 0.224 e. The molecule has 1 aliphatic rings. The molecule has 0 spiro atoms. The number of carbonyl (C=O) groups excluding carboxylic acids is 1. The highest BCUT2D eigenvalue weighted by molar-refractivity contribution is 5.90. The van der Waals surface area contributed by atoms with Crippen LogP contribution in [-0.2, 0) is 11.3 Å². The van der Waals surface area contributed by atoms with E-state index in [-0.39, 0.29) is 18.3 Å². The molecule has 2 aromatic carbocycles. The zero-order valence-electron chi connectivity index (χ0n) is 14.7. The smallest absolute Gasteiger partial charge is 0.224 e. The highest BCUT2D eigenvalue weighted by Crippen LogP contribution is 2.37. The molecule has 1 N–H and O–H groups in total. The maximum atomic E-state index is 12.9. The van der Waals surface area contributed by atoms with E-state index in [0.717, 1.165) is 31.2 Å². The van der Waals surface area contributed by atoms with Gasteiger partial charge in [0, 0.05) is 12.1 Å². The molecule has 136 valence electrons. The second-order valence-corrected chi connectivity index (χ2v) is 7.01. The molecule has 1 aliphatic carbocycles. The molecular formula is C21H23FN2O2. The van der Waals surface area contributed by atoms with Crippen LogP contribution in [0.25, 0.3) is 0 Å². The fourth-order valence-electron chi connectivity index (χ4n) is 3.68. The minimum atomic E-state index is -0.309. The van der Waals surface area contributed by atoms with Gasteiger partial charge in [0.1, 0.15) is 12.4 Å². The monoisotopic (exact) mass is 354 g/mol. The van der Waals surface area contributed by atoms with Crippen LogP contribution in [0.2, 0.25) is 0 Å². The summed E-state index contributed by atoms with van der Waals surface area (Å²) in [6.07, 6.45) is 4.70. The average molecular weight is 354 g/mol. The Kier molecular flexibility index (Phi) is 6.10. The molecular weight excluding hydrogens is 331 g/mol.